The highest BCUT2D eigenvalue weighted by Gasteiger charge is 1.96. The monoisotopic (exact) mass is 388 g/mol. The van der Waals surface area contributed by atoms with E-state index in [0.29, 0.717) is 0 Å². The molecule has 1 rings (SSSR count). The summed E-state index contributed by atoms with van der Waals surface area (Å²) in [5.41, 5.74) is 0. The third-order valence-electron chi connectivity index (χ3n) is 6.37. The van der Waals surface area contributed by atoms with Crippen LogP contribution in [-0.4, -0.2) is 0 Å². The van der Waals surface area contributed by atoms with Crippen LogP contribution in [0.25, 0.3) is 0 Å². The number of hydrogen-bond donors (Lipinski definition) is 0. The quantitative estimate of drug-likeness (QED) is 0.387. The lowest BCUT2D eigenvalue weighted by molar-refractivity contribution is 0.518. The molecule has 0 aromatic heterocycles. The smallest absolute Gasteiger partial charge is 0.0348 e. The summed E-state index contributed by atoms with van der Waals surface area (Å²) in [6, 6.07) is 0. The van der Waals surface area contributed by atoms with Gasteiger partial charge >= 0.3 is 0 Å². The highest BCUT2D eigenvalue weighted by molar-refractivity contribution is 5.02. The van der Waals surface area contributed by atoms with Crippen molar-refractivity contribution >= 4 is 0 Å². The molecule has 0 atom stereocenters. The van der Waals surface area contributed by atoms with E-state index in [1.54, 1.807) is 0 Å². The van der Waals surface area contributed by atoms with Gasteiger partial charge in [-0.1, -0.05) is 153 Å². The maximum absolute atomic E-state index is 2.37. The van der Waals surface area contributed by atoms with E-state index in [-0.39, 0.29) is 0 Å². The summed E-state index contributed by atoms with van der Waals surface area (Å²) >= 11 is 0. The molecule has 0 nitrogen and oxygen atoms in total. The van der Waals surface area contributed by atoms with Crippen LogP contribution in [0.1, 0.15) is 154 Å². The molecular formula is C28H52. The van der Waals surface area contributed by atoms with Crippen LogP contribution in [0.2, 0.25) is 0 Å². The van der Waals surface area contributed by atoms with Crippen molar-refractivity contribution in [1.29, 1.82) is 0 Å². The Balaban J connectivity index is 2.08. The lowest BCUT2D eigenvalue weighted by atomic mass is 10.0. The van der Waals surface area contributed by atoms with Gasteiger partial charge in [0.15, 0.2) is 0 Å². The molecule has 0 bridgehead atoms. The van der Waals surface area contributed by atoms with Gasteiger partial charge in [0.05, 0.1) is 0 Å². The van der Waals surface area contributed by atoms with Gasteiger partial charge in [-0.15, -0.1) is 0 Å². The first-order valence-electron chi connectivity index (χ1n) is 13.3. The number of hydrogen-bond acceptors (Lipinski definition) is 0. The van der Waals surface area contributed by atoms with Crippen molar-refractivity contribution in [3.8, 4) is 0 Å². The summed E-state index contributed by atoms with van der Waals surface area (Å²) in [4.78, 5) is 0. The molecule has 0 N–H and O–H groups in total. The summed E-state index contributed by atoms with van der Waals surface area (Å²) in [5, 5.41) is 0. The Hall–Kier alpha value is -0.520. The van der Waals surface area contributed by atoms with Gasteiger partial charge in [0.2, 0.25) is 0 Å². The molecule has 164 valence electrons. The lowest BCUT2D eigenvalue weighted by Crippen LogP contribution is -1.84. The molecule has 0 spiro atoms. The molecule has 0 fully saturated rings. The second kappa shape index (κ2) is 22.8. The van der Waals surface area contributed by atoms with E-state index in [2.05, 4.69) is 24.3 Å². The Morgan fingerprint density at radius 3 is 0.607 bits per heavy atom. The van der Waals surface area contributed by atoms with Crippen molar-refractivity contribution in [3.05, 3.63) is 24.3 Å². The van der Waals surface area contributed by atoms with E-state index < -0.39 is 0 Å². The molecule has 0 saturated carbocycles. The molecule has 1 aliphatic carbocycles. The van der Waals surface area contributed by atoms with Gasteiger partial charge in [0, 0.05) is 0 Å². The molecule has 0 aromatic rings. The Morgan fingerprint density at radius 2 is 0.393 bits per heavy atom. The summed E-state index contributed by atoms with van der Waals surface area (Å²) in [6.45, 7) is 0. The van der Waals surface area contributed by atoms with Crippen molar-refractivity contribution in [2.24, 2.45) is 0 Å². The highest BCUT2D eigenvalue weighted by atomic mass is 14.0. The first-order chi connectivity index (χ1) is 14.0. The first kappa shape index (κ1) is 25.5. The molecule has 0 unspecified atom stereocenters. The largest absolute Gasteiger partial charge is 0.0845 e. The van der Waals surface area contributed by atoms with E-state index in [0.717, 1.165) is 0 Å². The van der Waals surface area contributed by atoms with E-state index in [9.17, 15) is 0 Å². The first-order valence-corrected chi connectivity index (χ1v) is 13.3. The zero-order chi connectivity index (χ0) is 19.8. The van der Waals surface area contributed by atoms with E-state index >= 15 is 0 Å². The Kier molecular flexibility index (Phi) is 20.7. The molecule has 0 aliphatic heterocycles. The topological polar surface area (TPSA) is 0 Å². The maximum Gasteiger partial charge on any atom is -0.0348 e. The summed E-state index contributed by atoms with van der Waals surface area (Å²) in [7, 11) is 0. The van der Waals surface area contributed by atoms with Crippen LogP contribution in [0.15, 0.2) is 24.3 Å². The lowest BCUT2D eigenvalue weighted by Gasteiger charge is -2.04. The number of allylic oxidation sites excluding steroid dienone is 4. The molecular weight excluding hydrogens is 336 g/mol. The normalized spacial score (nSPS) is 24.0. The zero-order valence-corrected chi connectivity index (χ0v) is 19.3. The van der Waals surface area contributed by atoms with Gasteiger partial charge in [-0.3, -0.25) is 0 Å². The van der Waals surface area contributed by atoms with Crippen LogP contribution in [0, 0.1) is 0 Å². The van der Waals surface area contributed by atoms with Crippen LogP contribution in [0.5, 0.6) is 0 Å². The highest BCUT2D eigenvalue weighted by Crippen LogP contribution is 2.15. The molecule has 0 heterocycles. The standard InChI is InChI=1S/C28H52/c1-2-4-6-8-10-12-14-16-18-20-22-24-26-28-27-25-23-21-19-17-15-13-11-9-7-5-3-1/h1-4H,5-28H2/b3-1-,4-2?. The summed E-state index contributed by atoms with van der Waals surface area (Å²) in [6.07, 6.45) is 44.0. The maximum atomic E-state index is 2.37. The molecule has 0 saturated heterocycles. The summed E-state index contributed by atoms with van der Waals surface area (Å²) in [5.74, 6) is 0. The van der Waals surface area contributed by atoms with Crippen LogP contribution < -0.4 is 0 Å². The van der Waals surface area contributed by atoms with Crippen LogP contribution >= 0.6 is 0 Å². The zero-order valence-electron chi connectivity index (χ0n) is 19.3. The minimum Gasteiger partial charge on any atom is -0.0845 e. The van der Waals surface area contributed by atoms with Gasteiger partial charge in [0.1, 0.15) is 0 Å². The van der Waals surface area contributed by atoms with Gasteiger partial charge in [-0.25, -0.2) is 0 Å². The Bertz CT molecular complexity index is 304. The summed E-state index contributed by atoms with van der Waals surface area (Å²) < 4.78 is 0. The van der Waals surface area contributed by atoms with Crippen molar-refractivity contribution in [2.75, 3.05) is 0 Å². The fourth-order valence-corrected chi connectivity index (χ4v) is 4.41. The van der Waals surface area contributed by atoms with Gasteiger partial charge in [-0.05, 0) is 25.7 Å². The third kappa shape index (κ3) is 20.2. The van der Waals surface area contributed by atoms with Gasteiger partial charge < -0.3 is 0 Å². The molecule has 0 amide bonds. The number of rotatable bonds is 0. The predicted octanol–water partition coefficient (Wildman–Crippen LogP) is 10.5. The van der Waals surface area contributed by atoms with Crippen LogP contribution in [0.4, 0.5) is 0 Å². The average Bonchev–Trinajstić information content (AvgIpc) is 2.71. The fourth-order valence-electron chi connectivity index (χ4n) is 4.41. The van der Waals surface area contributed by atoms with Crippen molar-refractivity contribution < 1.29 is 0 Å². The average molecular weight is 389 g/mol. The molecule has 0 heteroatoms. The van der Waals surface area contributed by atoms with Crippen LogP contribution in [-0.2, 0) is 0 Å². The minimum absolute atomic E-state index is 1.27. The molecule has 1 aliphatic rings. The molecule has 28 heavy (non-hydrogen) atoms. The van der Waals surface area contributed by atoms with E-state index in [1.165, 1.54) is 154 Å². The van der Waals surface area contributed by atoms with Gasteiger partial charge in [0.25, 0.3) is 0 Å². The fraction of sp³-hybridized carbons (Fsp3) is 0.857. The second-order valence-corrected chi connectivity index (χ2v) is 9.21. The van der Waals surface area contributed by atoms with Crippen molar-refractivity contribution in [2.45, 2.75) is 154 Å². The Morgan fingerprint density at radius 1 is 0.214 bits per heavy atom. The van der Waals surface area contributed by atoms with E-state index in [4.69, 9.17) is 0 Å². The molecule has 0 radical (unpaired) electrons. The van der Waals surface area contributed by atoms with Crippen molar-refractivity contribution in [3.63, 3.8) is 0 Å². The van der Waals surface area contributed by atoms with Crippen molar-refractivity contribution in [1.82, 2.24) is 0 Å². The van der Waals surface area contributed by atoms with Crippen LogP contribution in [0.3, 0.4) is 0 Å². The van der Waals surface area contributed by atoms with Gasteiger partial charge in [-0.2, -0.15) is 0 Å². The van der Waals surface area contributed by atoms with E-state index in [1.807, 2.05) is 0 Å². The minimum atomic E-state index is 1.27. The third-order valence-corrected chi connectivity index (χ3v) is 6.37. The second-order valence-electron chi connectivity index (χ2n) is 9.21. The molecule has 0 aromatic carbocycles. The SMILES string of the molecule is C1=CCCCCCCCCCCCCCCCCCCCCCCCC/C=C\1. The Labute approximate surface area is 178 Å². The predicted molar refractivity (Wildman–Crippen MR) is 129 cm³/mol.